The fraction of sp³-hybridized carbons (Fsp3) is 0.640. The number of halogens is 2. The highest BCUT2D eigenvalue weighted by Gasteiger charge is 2.51. The Morgan fingerprint density at radius 2 is 1.56 bits per heavy atom. The van der Waals surface area contributed by atoms with E-state index < -0.39 is 5.82 Å². The molecule has 0 spiro atoms. The van der Waals surface area contributed by atoms with Gasteiger partial charge in [-0.15, -0.1) is 0 Å². The van der Waals surface area contributed by atoms with Gasteiger partial charge in [-0.1, -0.05) is 11.6 Å². The van der Waals surface area contributed by atoms with Crippen LogP contribution in [0.4, 0.5) is 9.18 Å². The van der Waals surface area contributed by atoms with Crippen LogP contribution in [0.5, 0.6) is 0 Å². The van der Waals surface area contributed by atoms with Crippen LogP contribution < -0.4 is 10.6 Å². The van der Waals surface area contributed by atoms with E-state index in [1.165, 1.54) is 31.4 Å². The molecule has 5 fully saturated rings. The second-order valence-corrected chi connectivity index (χ2v) is 11.0. The van der Waals surface area contributed by atoms with Crippen LogP contribution in [0.3, 0.4) is 0 Å². The molecule has 2 N–H and O–H groups in total. The van der Waals surface area contributed by atoms with Crippen LogP contribution in [0, 0.1) is 23.6 Å². The average molecular weight is 491 g/mol. The van der Waals surface area contributed by atoms with E-state index in [4.69, 9.17) is 11.6 Å². The monoisotopic (exact) mass is 490 g/mol. The third-order valence-corrected chi connectivity index (χ3v) is 8.44. The van der Waals surface area contributed by atoms with Crippen LogP contribution in [-0.4, -0.2) is 65.9 Å². The average Bonchev–Trinajstić information content (AvgIpc) is 2.77. The Morgan fingerprint density at radius 1 is 0.971 bits per heavy atom. The summed E-state index contributed by atoms with van der Waals surface area (Å²) >= 11 is 6.01. The molecule has 0 atom stereocenters. The molecule has 4 aliphatic carbocycles. The zero-order valence-electron chi connectivity index (χ0n) is 19.3. The normalized spacial score (nSPS) is 29.8. The maximum atomic E-state index is 13.3. The Hall–Kier alpha value is -2.35. The van der Waals surface area contributed by atoms with Gasteiger partial charge in [-0.3, -0.25) is 9.59 Å². The lowest BCUT2D eigenvalue weighted by atomic mass is 9.53. The minimum absolute atomic E-state index is 0.0398. The predicted octanol–water partition coefficient (Wildman–Crippen LogP) is 3.42. The minimum atomic E-state index is -0.489. The molecule has 1 aromatic carbocycles. The van der Waals surface area contributed by atoms with Gasteiger partial charge in [0, 0.05) is 44.7 Å². The number of rotatable bonds is 5. The van der Waals surface area contributed by atoms with E-state index in [2.05, 4.69) is 10.6 Å². The Morgan fingerprint density at radius 3 is 2.15 bits per heavy atom. The molecule has 9 heteroatoms. The van der Waals surface area contributed by atoms with Gasteiger partial charge in [0.1, 0.15) is 5.82 Å². The molecule has 5 aliphatic rings. The van der Waals surface area contributed by atoms with Gasteiger partial charge in [0.25, 0.3) is 5.91 Å². The molecule has 34 heavy (non-hydrogen) atoms. The van der Waals surface area contributed by atoms with E-state index in [1.807, 2.05) is 0 Å². The number of amides is 4. The van der Waals surface area contributed by atoms with E-state index >= 15 is 0 Å². The Kier molecular flexibility index (Phi) is 6.44. The first-order valence-corrected chi connectivity index (χ1v) is 12.8. The second-order valence-electron chi connectivity index (χ2n) is 10.6. The maximum absolute atomic E-state index is 13.3. The molecule has 0 unspecified atom stereocenters. The predicted molar refractivity (Wildman–Crippen MR) is 126 cm³/mol. The Balaban J connectivity index is 1.04. The van der Waals surface area contributed by atoms with Crippen LogP contribution in [0.1, 0.15) is 55.3 Å². The SMILES string of the molecule is O=C(NCCC(=O)N1CCN(C(=O)c2ccc(F)cc2Cl)CC1)NC12CC3CC(CC(C3)C1)C2. The first kappa shape index (κ1) is 23.4. The van der Waals surface area contributed by atoms with E-state index in [0.717, 1.165) is 43.1 Å². The van der Waals surface area contributed by atoms with Crippen LogP contribution in [0.2, 0.25) is 5.02 Å². The van der Waals surface area contributed by atoms with E-state index in [-0.39, 0.29) is 40.4 Å². The third kappa shape index (κ3) is 4.88. The lowest BCUT2D eigenvalue weighted by molar-refractivity contribution is -0.132. The number of hydrogen-bond acceptors (Lipinski definition) is 3. The van der Waals surface area contributed by atoms with Crippen molar-refractivity contribution in [3.63, 3.8) is 0 Å². The smallest absolute Gasteiger partial charge is 0.315 e. The number of nitrogens with one attached hydrogen (secondary N) is 2. The van der Waals surface area contributed by atoms with Crippen LogP contribution in [-0.2, 0) is 4.79 Å². The van der Waals surface area contributed by atoms with Crippen molar-refractivity contribution in [3.8, 4) is 0 Å². The first-order valence-electron chi connectivity index (χ1n) is 12.4. The molecule has 4 bridgehead atoms. The van der Waals surface area contributed by atoms with Gasteiger partial charge in [0.2, 0.25) is 5.91 Å². The van der Waals surface area contributed by atoms with Gasteiger partial charge < -0.3 is 20.4 Å². The molecule has 7 nitrogen and oxygen atoms in total. The topological polar surface area (TPSA) is 81.8 Å². The molecule has 1 saturated heterocycles. The van der Waals surface area contributed by atoms with Crippen molar-refractivity contribution in [3.05, 3.63) is 34.6 Å². The van der Waals surface area contributed by atoms with E-state index in [0.29, 0.717) is 32.7 Å². The van der Waals surface area contributed by atoms with Crippen molar-refractivity contribution in [1.82, 2.24) is 20.4 Å². The molecule has 1 heterocycles. The number of carbonyl (C=O) groups excluding carboxylic acids is 3. The Labute approximate surface area is 204 Å². The molecular weight excluding hydrogens is 459 g/mol. The standard InChI is InChI=1S/C25H32ClFN4O3/c26-21-12-19(27)1-2-20(21)23(33)31-7-5-30(6-8-31)22(32)3-4-28-24(34)29-25-13-16-9-17(14-25)11-18(10-16)15-25/h1-2,12,16-18H,3-11,13-15H2,(H2,28,29,34). The zero-order chi connectivity index (χ0) is 23.9. The van der Waals surface area contributed by atoms with Crippen molar-refractivity contribution >= 4 is 29.4 Å². The number of hydrogen-bond donors (Lipinski definition) is 2. The fourth-order valence-electron chi connectivity index (χ4n) is 6.98. The molecule has 4 amide bonds. The zero-order valence-corrected chi connectivity index (χ0v) is 20.1. The molecule has 0 aromatic heterocycles. The summed E-state index contributed by atoms with van der Waals surface area (Å²) in [4.78, 5) is 41.2. The second kappa shape index (κ2) is 9.36. The van der Waals surface area contributed by atoms with Gasteiger partial charge in [0.15, 0.2) is 0 Å². The van der Waals surface area contributed by atoms with Crippen molar-refractivity contribution in [2.24, 2.45) is 17.8 Å². The summed E-state index contributed by atoms with van der Waals surface area (Å²) in [6.45, 7) is 1.91. The fourth-order valence-corrected chi connectivity index (χ4v) is 7.23. The number of carbonyl (C=O) groups is 3. The highest BCUT2D eigenvalue weighted by molar-refractivity contribution is 6.33. The van der Waals surface area contributed by atoms with Gasteiger partial charge in [0.05, 0.1) is 10.6 Å². The highest BCUT2D eigenvalue weighted by atomic mass is 35.5. The molecular formula is C25H32ClFN4O3. The minimum Gasteiger partial charge on any atom is -0.339 e. The summed E-state index contributed by atoms with van der Waals surface area (Å²) in [6.07, 6.45) is 7.49. The number of urea groups is 1. The third-order valence-electron chi connectivity index (χ3n) is 8.12. The number of nitrogens with zero attached hydrogens (tertiary/aromatic N) is 2. The molecule has 1 aliphatic heterocycles. The molecule has 6 rings (SSSR count). The summed E-state index contributed by atoms with van der Waals surface area (Å²) in [7, 11) is 0. The summed E-state index contributed by atoms with van der Waals surface area (Å²) < 4.78 is 13.3. The lowest BCUT2D eigenvalue weighted by Gasteiger charge is -2.56. The quantitative estimate of drug-likeness (QED) is 0.663. The van der Waals surface area contributed by atoms with Gasteiger partial charge in [-0.2, -0.15) is 0 Å². The summed E-state index contributed by atoms with van der Waals surface area (Å²) in [5.74, 6) is 1.49. The number of benzene rings is 1. The summed E-state index contributed by atoms with van der Waals surface area (Å²) in [5, 5.41) is 6.23. The maximum Gasteiger partial charge on any atom is 0.315 e. The van der Waals surface area contributed by atoms with Gasteiger partial charge in [-0.25, -0.2) is 9.18 Å². The lowest BCUT2D eigenvalue weighted by Crippen LogP contribution is -2.61. The molecule has 1 aromatic rings. The Bertz CT molecular complexity index is 944. The first-order chi connectivity index (χ1) is 16.3. The molecule has 0 radical (unpaired) electrons. The largest absolute Gasteiger partial charge is 0.339 e. The van der Waals surface area contributed by atoms with Crippen molar-refractivity contribution in [2.75, 3.05) is 32.7 Å². The van der Waals surface area contributed by atoms with Crippen molar-refractivity contribution in [2.45, 2.75) is 50.5 Å². The van der Waals surface area contributed by atoms with Crippen molar-refractivity contribution < 1.29 is 18.8 Å². The number of piperazine rings is 1. The van der Waals surface area contributed by atoms with Crippen LogP contribution in [0.15, 0.2) is 18.2 Å². The van der Waals surface area contributed by atoms with E-state index in [9.17, 15) is 18.8 Å². The summed E-state index contributed by atoms with van der Waals surface area (Å²) in [5.41, 5.74) is 0.219. The van der Waals surface area contributed by atoms with Gasteiger partial charge in [-0.05, 0) is 74.5 Å². The van der Waals surface area contributed by atoms with Gasteiger partial charge >= 0.3 is 6.03 Å². The highest BCUT2D eigenvalue weighted by Crippen LogP contribution is 2.55. The van der Waals surface area contributed by atoms with Crippen LogP contribution in [0.25, 0.3) is 0 Å². The van der Waals surface area contributed by atoms with E-state index in [1.54, 1.807) is 9.80 Å². The molecule has 4 saturated carbocycles. The van der Waals surface area contributed by atoms with Crippen molar-refractivity contribution in [1.29, 1.82) is 0 Å². The van der Waals surface area contributed by atoms with Crippen LogP contribution >= 0.6 is 11.6 Å². The molecule has 184 valence electrons. The summed E-state index contributed by atoms with van der Waals surface area (Å²) in [6, 6.07) is 3.56.